The predicted octanol–water partition coefficient (Wildman–Crippen LogP) is 2.23. The van der Waals surface area contributed by atoms with Gasteiger partial charge in [-0.05, 0) is 13.0 Å². The number of alkyl halides is 1. The molecule has 6 heteroatoms. The number of nitrogens with two attached hydrogens (primary N) is 1. The van der Waals surface area contributed by atoms with Gasteiger partial charge in [0.1, 0.15) is 11.9 Å². The average molecular weight is 251 g/mol. The first-order valence-electron chi connectivity index (χ1n) is 5.51. The number of nitrogens with zero attached hydrogens (tertiary/aromatic N) is 2. The van der Waals surface area contributed by atoms with Crippen LogP contribution in [0.4, 0.5) is 4.39 Å². The second-order valence-electron chi connectivity index (χ2n) is 3.76. The molecule has 0 aliphatic rings. The minimum Gasteiger partial charge on any atom is -0.496 e. The smallest absolute Gasteiger partial charge is 0.240 e. The maximum atomic E-state index is 13.5. The van der Waals surface area contributed by atoms with Crippen molar-refractivity contribution in [1.82, 2.24) is 10.1 Å². The molecule has 5 nitrogen and oxygen atoms in total. The first kappa shape index (κ1) is 12.5. The van der Waals surface area contributed by atoms with Crippen LogP contribution in [0.25, 0.3) is 11.4 Å². The molecule has 96 valence electrons. The Morgan fingerprint density at radius 1 is 1.50 bits per heavy atom. The van der Waals surface area contributed by atoms with E-state index in [4.69, 9.17) is 15.0 Å². The van der Waals surface area contributed by atoms with Crippen LogP contribution in [0.3, 0.4) is 0 Å². The Morgan fingerprint density at radius 2 is 2.28 bits per heavy atom. The molecule has 0 amide bonds. The zero-order chi connectivity index (χ0) is 13.1. The Morgan fingerprint density at radius 3 is 2.83 bits per heavy atom. The fraction of sp³-hybridized carbons (Fsp3) is 0.333. The van der Waals surface area contributed by atoms with Gasteiger partial charge in [-0.1, -0.05) is 17.3 Å². The normalized spacial score (nSPS) is 12.4. The third kappa shape index (κ3) is 2.19. The van der Waals surface area contributed by atoms with E-state index < -0.39 is 6.17 Å². The number of aromatic nitrogens is 2. The third-order valence-corrected chi connectivity index (χ3v) is 2.56. The molecule has 0 aliphatic heterocycles. The van der Waals surface area contributed by atoms with Gasteiger partial charge >= 0.3 is 0 Å². The lowest BCUT2D eigenvalue weighted by Crippen LogP contribution is -1.98. The van der Waals surface area contributed by atoms with Crippen LogP contribution >= 0.6 is 0 Å². The summed E-state index contributed by atoms with van der Waals surface area (Å²) in [6.45, 7) is 1.61. The van der Waals surface area contributed by atoms with Gasteiger partial charge in [0, 0.05) is 5.56 Å². The molecule has 1 heterocycles. The molecular weight excluding hydrogens is 237 g/mol. The van der Waals surface area contributed by atoms with Crippen LogP contribution in [0.5, 0.6) is 5.75 Å². The van der Waals surface area contributed by atoms with Crippen LogP contribution in [0.2, 0.25) is 0 Å². The lowest BCUT2D eigenvalue weighted by atomic mass is 10.1. The zero-order valence-electron chi connectivity index (χ0n) is 10.2. The summed E-state index contributed by atoms with van der Waals surface area (Å²) in [4.78, 5) is 4.10. The third-order valence-electron chi connectivity index (χ3n) is 2.56. The van der Waals surface area contributed by atoms with Crippen molar-refractivity contribution in [3.8, 4) is 17.1 Å². The van der Waals surface area contributed by atoms with E-state index in [9.17, 15) is 4.39 Å². The standard InChI is InChI=1S/C12H14FN3O2/c1-7(13)8-4-3-5-9(11(8)17-2)12-15-10(6-14)18-16-12/h3-5,7H,6,14H2,1-2H3. The Balaban J connectivity index is 2.53. The number of benzene rings is 1. The van der Waals surface area contributed by atoms with Crippen LogP contribution in [-0.2, 0) is 6.54 Å². The van der Waals surface area contributed by atoms with Crippen molar-refractivity contribution in [2.24, 2.45) is 5.73 Å². The first-order valence-corrected chi connectivity index (χ1v) is 5.51. The molecule has 0 saturated carbocycles. The topological polar surface area (TPSA) is 74.2 Å². The molecule has 0 radical (unpaired) electrons. The molecule has 0 bridgehead atoms. The van der Waals surface area contributed by atoms with E-state index in [2.05, 4.69) is 10.1 Å². The van der Waals surface area contributed by atoms with Gasteiger partial charge in [0.05, 0.1) is 19.2 Å². The van der Waals surface area contributed by atoms with E-state index in [0.29, 0.717) is 28.6 Å². The molecule has 2 aromatic rings. The Bertz CT molecular complexity index is 540. The number of hydrogen-bond donors (Lipinski definition) is 1. The quantitative estimate of drug-likeness (QED) is 0.901. The van der Waals surface area contributed by atoms with Crippen LogP contribution in [0, 0.1) is 0 Å². The minimum atomic E-state index is -1.14. The van der Waals surface area contributed by atoms with Crippen molar-refractivity contribution in [1.29, 1.82) is 0 Å². The summed E-state index contributed by atoms with van der Waals surface area (Å²) >= 11 is 0. The van der Waals surface area contributed by atoms with Gasteiger partial charge in [-0.25, -0.2) is 4.39 Å². The number of para-hydroxylation sites is 1. The summed E-state index contributed by atoms with van der Waals surface area (Å²) in [5.41, 5.74) is 6.44. The number of rotatable bonds is 4. The lowest BCUT2D eigenvalue weighted by Gasteiger charge is -2.12. The number of halogens is 1. The molecule has 1 aromatic carbocycles. The highest BCUT2D eigenvalue weighted by molar-refractivity contribution is 5.66. The number of methoxy groups -OCH3 is 1. The van der Waals surface area contributed by atoms with E-state index in [1.165, 1.54) is 14.0 Å². The van der Waals surface area contributed by atoms with Gasteiger partial charge in [0.25, 0.3) is 0 Å². The average Bonchev–Trinajstić information content (AvgIpc) is 2.86. The van der Waals surface area contributed by atoms with Gasteiger partial charge in [-0.15, -0.1) is 0 Å². The van der Waals surface area contributed by atoms with Crippen LogP contribution < -0.4 is 10.5 Å². The van der Waals surface area contributed by atoms with Gasteiger partial charge in [0.15, 0.2) is 0 Å². The fourth-order valence-electron chi connectivity index (χ4n) is 1.72. The number of hydrogen-bond acceptors (Lipinski definition) is 5. The van der Waals surface area contributed by atoms with E-state index >= 15 is 0 Å². The molecule has 1 unspecified atom stereocenters. The van der Waals surface area contributed by atoms with Gasteiger partial charge in [0.2, 0.25) is 11.7 Å². The Labute approximate surface area is 104 Å². The summed E-state index contributed by atoms with van der Waals surface area (Å²) < 4.78 is 23.7. The van der Waals surface area contributed by atoms with Gasteiger partial charge in [-0.3, -0.25) is 0 Å². The summed E-state index contributed by atoms with van der Waals surface area (Å²) in [6.07, 6.45) is -1.14. The van der Waals surface area contributed by atoms with E-state index in [-0.39, 0.29) is 6.54 Å². The molecule has 0 aliphatic carbocycles. The van der Waals surface area contributed by atoms with E-state index in [1.807, 2.05) is 0 Å². The molecule has 0 saturated heterocycles. The highest BCUT2D eigenvalue weighted by Crippen LogP contribution is 2.35. The maximum absolute atomic E-state index is 13.5. The zero-order valence-corrected chi connectivity index (χ0v) is 10.2. The van der Waals surface area contributed by atoms with Crippen molar-refractivity contribution in [3.63, 3.8) is 0 Å². The molecular formula is C12H14FN3O2. The number of ether oxygens (including phenoxy) is 1. The molecule has 2 N–H and O–H groups in total. The molecule has 2 rings (SSSR count). The summed E-state index contributed by atoms with van der Waals surface area (Å²) in [7, 11) is 1.48. The summed E-state index contributed by atoms with van der Waals surface area (Å²) in [5.74, 6) is 1.08. The molecule has 0 fully saturated rings. The Kier molecular flexibility index (Phi) is 3.57. The summed E-state index contributed by atoms with van der Waals surface area (Å²) in [5, 5.41) is 3.80. The lowest BCUT2D eigenvalue weighted by molar-refractivity contribution is 0.346. The molecule has 0 spiro atoms. The van der Waals surface area contributed by atoms with Crippen LogP contribution in [0.1, 0.15) is 24.5 Å². The highest BCUT2D eigenvalue weighted by Gasteiger charge is 2.18. The molecule has 18 heavy (non-hydrogen) atoms. The highest BCUT2D eigenvalue weighted by atomic mass is 19.1. The molecule has 1 atom stereocenters. The van der Waals surface area contributed by atoms with Crippen molar-refractivity contribution in [2.75, 3.05) is 7.11 Å². The van der Waals surface area contributed by atoms with E-state index in [0.717, 1.165) is 0 Å². The van der Waals surface area contributed by atoms with Gasteiger partial charge < -0.3 is 15.0 Å². The van der Waals surface area contributed by atoms with Crippen LogP contribution in [-0.4, -0.2) is 17.3 Å². The maximum Gasteiger partial charge on any atom is 0.240 e. The second kappa shape index (κ2) is 5.14. The largest absolute Gasteiger partial charge is 0.496 e. The monoisotopic (exact) mass is 251 g/mol. The van der Waals surface area contributed by atoms with E-state index in [1.54, 1.807) is 18.2 Å². The van der Waals surface area contributed by atoms with Crippen LogP contribution in [0.15, 0.2) is 22.7 Å². The fourth-order valence-corrected chi connectivity index (χ4v) is 1.72. The van der Waals surface area contributed by atoms with Crippen molar-refractivity contribution in [3.05, 3.63) is 29.7 Å². The SMILES string of the molecule is COc1c(-c2noc(CN)n2)cccc1C(C)F. The van der Waals surface area contributed by atoms with Crippen molar-refractivity contribution >= 4 is 0 Å². The van der Waals surface area contributed by atoms with Crippen molar-refractivity contribution in [2.45, 2.75) is 19.6 Å². The van der Waals surface area contributed by atoms with Gasteiger partial charge in [-0.2, -0.15) is 4.98 Å². The minimum absolute atomic E-state index is 0.161. The first-order chi connectivity index (χ1) is 8.67. The Hall–Kier alpha value is -1.95. The predicted molar refractivity (Wildman–Crippen MR) is 63.7 cm³/mol. The summed E-state index contributed by atoms with van der Waals surface area (Å²) in [6, 6.07) is 5.13. The van der Waals surface area contributed by atoms with Crippen molar-refractivity contribution < 1.29 is 13.7 Å². The second-order valence-corrected chi connectivity index (χ2v) is 3.76. The molecule has 1 aromatic heterocycles.